The standard InChI is InChI=1S/C23H21NO2S/c1-23(13-11-17-6-3-2-4-7-17)14-12-18-16-19(9-10-20(18)26-23)24-22(25)21-8-5-15-27-21/h2-10,12,14-16H,11,13H2,1H3,(H,24,25). The van der Waals surface area contributed by atoms with Gasteiger partial charge in [0, 0.05) is 11.3 Å². The van der Waals surface area contributed by atoms with Gasteiger partial charge < -0.3 is 10.1 Å². The highest BCUT2D eigenvalue weighted by atomic mass is 32.1. The van der Waals surface area contributed by atoms with E-state index in [0.29, 0.717) is 4.88 Å². The number of thiophene rings is 1. The van der Waals surface area contributed by atoms with Crippen molar-refractivity contribution in [3.63, 3.8) is 0 Å². The van der Waals surface area contributed by atoms with Crippen LogP contribution in [0.5, 0.6) is 5.75 Å². The highest BCUT2D eigenvalue weighted by Crippen LogP contribution is 2.35. The van der Waals surface area contributed by atoms with Crippen molar-refractivity contribution in [2.75, 3.05) is 5.32 Å². The van der Waals surface area contributed by atoms with E-state index in [1.54, 1.807) is 0 Å². The number of amides is 1. The minimum Gasteiger partial charge on any atom is -0.483 e. The van der Waals surface area contributed by atoms with Crippen molar-refractivity contribution in [1.82, 2.24) is 0 Å². The fourth-order valence-electron chi connectivity index (χ4n) is 3.17. The summed E-state index contributed by atoms with van der Waals surface area (Å²) in [6.45, 7) is 2.11. The maximum atomic E-state index is 12.2. The molecule has 1 aliphatic rings. The van der Waals surface area contributed by atoms with E-state index >= 15 is 0 Å². The van der Waals surface area contributed by atoms with E-state index in [-0.39, 0.29) is 11.5 Å². The molecule has 0 bridgehead atoms. The number of nitrogens with one attached hydrogen (secondary N) is 1. The summed E-state index contributed by atoms with van der Waals surface area (Å²) in [5.41, 5.74) is 2.74. The van der Waals surface area contributed by atoms with Crippen molar-refractivity contribution in [3.05, 3.63) is 88.1 Å². The topological polar surface area (TPSA) is 38.3 Å². The maximum absolute atomic E-state index is 12.2. The molecule has 0 saturated heterocycles. The van der Waals surface area contributed by atoms with Crippen LogP contribution in [0.1, 0.15) is 34.1 Å². The molecular formula is C23H21NO2S. The molecule has 0 radical (unpaired) electrons. The van der Waals surface area contributed by atoms with Gasteiger partial charge in [0.15, 0.2) is 0 Å². The van der Waals surface area contributed by atoms with Crippen LogP contribution in [0.2, 0.25) is 0 Å². The lowest BCUT2D eigenvalue weighted by atomic mass is 9.93. The van der Waals surface area contributed by atoms with Crippen molar-refractivity contribution < 1.29 is 9.53 Å². The van der Waals surface area contributed by atoms with Crippen LogP contribution >= 0.6 is 11.3 Å². The van der Waals surface area contributed by atoms with Gasteiger partial charge in [-0.1, -0.05) is 42.5 Å². The molecule has 2 aromatic carbocycles. The lowest BCUT2D eigenvalue weighted by molar-refractivity contribution is 0.103. The van der Waals surface area contributed by atoms with Crippen LogP contribution < -0.4 is 10.1 Å². The first-order valence-electron chi connectivity index (χ1n) is 9.02. The zero-order valence-electron chi connectivity index (χ0n) is 15.1. The Morgan fingerprint density at radius 1 is 1.11 bits per heavy atom. The van der Waals surface area contributed by atoms with Crippen molar-refractivity contribution in [3.8, 4) is 5.75 Å². The van der Waals surface area contributed by atoms with E-state index in [9.17, 15) is 4.79 Å². The molecule has 0 aliphatic carbocycles. The number of fused-ring (bicyclic) bond motifs is 1. The molecule has 1 atom stereocenters. The van der Waals surface area contributed by atoms with E-state index in [2.05, 4.69) is 48.7 Å². The number of hydrogen-bond acceptors (Lipinski definition) is 3. The Hall–Kier alpha value is -2.85. The Labute approximate surface area is 163 Å². The fraction of sp³-hybridized carbons (Fsp3) is 0.174. The Morgan fingerprint density at radius 2 is 1.96 bits per heavy atom. The number of hydrogen-bond donors (Lipinski definition) is 1. The third-order valence-electron chi connectivity index (χ3n) is 4.72. The van der Waals surface area contributed by atoms with Gasteiger partial charge in [0.2, 0.25) is 0 Å². The van der Waals surface area contributed by atoms with Crippen LogP contribution in [-0.2, 0) is 6.42 Å². The summed E-state index contributed by atoms with van der Waals surface area (Å²) < 4.78 is 6.28. The zero-order valence-corrected chi connectivity index (χ0v) is 16.0. The molecule has 136 valence electrons. The first kappa shape index (κ1) is 17.6. The SMILES string of the molecule is CC1(CCc2ccccc2)C=Cc2cc(NC(=O)c3cccs3)ccc2O1. The lowest BCUT2D eigenvalue weighted by Gasteiger charge is -2.32. The number of carbonyl (C=O) groups excluding carboxylic acids is 1. The van der Waals surface area contributed by atoms with E-state index in [4.69, 9.17) is 4.74 Å². The van der Waals surface area contributed by atoms with Gasteiger partial charge in [0.1, 0.15) is 11.4 Å². The normalized spacial score (nSPS) is 17.8. The summed E-state index contributed by atoms with van der Waals surface area (Å²) in [6.07, 6.45) is 6.07. The predicted molar refractivity (Wildman–Crippen MR) is 112 cm³/mol. The van der Waals surface area contributed by atoms with E-state index < -0.39 is 0 Å². The molecule has 4 heteroatoms. The molecule has 4 rings (SSSR count). The first-order valence-corrected chi connectivity index (χ1v) is 9.90. The molecule has 1 amide bonds. The Morgan fingerprint density at radius 3 is 2.74 bits per heavy atom. The molecule has 0 spiro atoms. The van der Waals surface area contributed by atoms with Crippen molar-refractivity contribution >= 4 is 29.0 Å². The number of benzene rings is 2. The summed E-state index contributed by atoms with van der Waals surface area (Å²) in [4.78, 5) is 12.9. The molecule has 1 N–H and O–H groups in total. The predicted octanol–water partition coefficient (Wildman–Crippen LogP) is 5.80. The van der Waals surface area contributed by atoms with Crippen molar-refractivity contribution in [1.29, 1.82) is 0 Å². The van der Waals surface area contributed by atoms with Gasteiger partial charge in [-0.25, -0.2) is 0 Å². The minimum atomic E-state index is -0.329. The van der Waals surface area contributed by atoms with Crippen LogP contribution in [0.3, 0.4) is 0 Å². The van der Waals surface area contributed by atoms with E-state index in [1.165, 1.54) is 16.9 Å². The smallest absolute Gasteiger partial charge is 0.265 e. The van der Waals surface area contributed by atoms with Crippen LogP contribution in [0.15, 0.2) is 72.1 Å². The van der Waals surface area contributed by atoms with Crippen LogP contribution in [0.4, 0.5) is 5.69 Å². The van der Waals surface area contributed by atoms with E-state index in [1.807, 2.05) is 41.8 Å². The van der Waals surface area contributed by atoms with Gasteiger partial charge in [-0.3, -0.25) is 4.79 Å². The van der Waals surface area contributed by atoms with Crippen molar-refractivity contribution in [2.45, 2.75) is 25.4 Å². The molecule has 2 heterocycles. The highest BCUT2D eigenvalue weighted by Gasteiger charge is 2.27. The molecule has 0 saturated carbocycles. The molecule has 1 aromatic heterocycles. The second-order valence-corrected chi connectivity index (χ2v) is 7.87. The van der Waals surface area contributed by atoms with Crippen molar-refractivity contribution in [2.24, 2.45) is 0 Å². The molecule has 3 nitrogen and oxygen atoms in total. The minimum absolute atomic E-state index is 0.0849. The average Bonchev–Trinajstić information content (AvgIpc) is 3.23. The summed E-state index contributed by atoms with van der Waals surface area (Å²) in [7, 11) is 0. The summed E-state index contributed by atoms with van der Waals surface area (Å²) in [5.74, 6) is 0.764. The number of carbonyl (C=O) groups is 1. The summed E-state index contributed by atoms with van der Waals surface area (Å²) in [5, 5.41) is 4.84. The van der Waals surface area contributed by atoms with E-state index in [0.717, 1.165) is 29.8 Å². The molecule has 0 fully saturated rings. The highest BCUT2D eigenvalue weighted by molar-refractivity contribution is 7.12. The molecule has 3 aromatic rings. The molecular weight excluding hydrogens is 354 g/mol. The largest absolute Gasteiger partial charge is 0.483 e. The zero-order chi connectivity index (χ0) is 18.7. The number of aryl methyl sites for hydroxylation is 1. The van der Waals surface area contributed by atoms with Gasteiger partial charge in [-0.15, -0.1) is 11.3 Å². The average molecular weight is 375 g/mol. The van der Waals surface area contributed by atoms with Gasteiger partial charge in [-0.05, 0) is 61.1 Å². The van der Waals surface area contributed by atoms with Gasteiger partial charge in [-0.2, -0.15) is 0 Å². The Kier molecular flexibility index (Phi) is 4.82. The quantitative estimate of drug-likeness (QED) is 0.612. The number of ether oxygens (including phenoxy) is 1. The first-order chi connectivity index (χ1) is 13.1. The van der Waals surface area contributed by atoms with Gasteiger partial charge >= 0.3 is 0 Å². The van der Waals surface area contributed by atoms with Crippen LogP contribution in [0.25, 0.3) is 6.08 Å². The summed E-state index contributed by atoms with van der Waals surface area (Å²) in [6, 6.07) is 19.9. The van der Waals surface area contributed by atoms with Crippen LogP contribution in [-0.4, -0.2) is 11.5 Å². The third kappa shape index (κ3) is 4.12. The maximum Gasteiger partial charge on any atom is 0.265 e. The second-order valence-electron chi connectivity index (χ2n) is 6.92. The van der Waals surface area contributed by atoms with Gasteiger partial charge in [0.25, 0.3) is 5.91 Å². The number of anilines is 1. The Balaban J connectivity index is 1.44. The lowest BCUT2D eigenvalue weighted by Crippen LogP contribution is -2.32. The van der Waals surface area contributed by atoms with Gasteiger partial charge in [0.05, 0.1) is 4.88 Å². The monoisotopic (exact) mass is 375 g/mol. The molecule has 1 aliphatic heterocycles. The number of rotatable bonds is 5. The fourth-order valence-corrected chi connectivity index (χ4v) is 3.79. The third-order valence-corrected chi connectivity index (χ3v) is 5.59. The van der Waals surface area contributed by atoms with Crippen LogP contribution in [0, 0.1) is 0 Å². The molecule has 27 heavy (non-hydrogen) atoms. The second kappa shape index (κ2) is 7.41. The molecule has 1 unspecified atom stereocenters. The Bertz CT molecular complexity index is 963. The summed E-state index contributed by atoms with van der Waals surface area (Å²) >= 11 is 1.43.